The minimum atomic E-state index is 0.909. The Morgan fingerprint density at radius 1 is 0.222 bits per heavy atom. The van der Waals surface area contributed by atoms with E-state index in [0.717, 1.165) is 98.0 Å². The molecule has 0 nitrogen and oxygen atoms in total. The molecule has 54 heavy (non-hydrogen) atoms. The van der Waals surface area contributed by atoms with Gasteiger partial charge < -0.3 is 0 Å². The number of rotatable bonds is 0. The minimum absolute atomic E-state index is 0.909. The van der Waals surface area contributed by atoms with Crippen LogP contribution in [0.25, 0.3) is 64.6 Å². The quantitative estimate of drug-likeness (QED) is 0.149. The summed E-state index contributed by atoms with van der Waals surface area (Å²) in [6.07, 6.45) is 0. The maximum absolute atomic E-state index is 3.40. The van der Waals surface area contributed by atoms with Gasteiger partial charge in [0.05, 0.1) is 0 Å². The molecule has 0 saturated heterocycles. The highest BCUT2D eigenvalue weighted by molar-refractivity contribution is 5.73. The van der Waals surface area contributed by atoms with E-state index in [2.05, 4.69) is 193 Å². The van der Waals surface area contributed by atoms with Crippen molar-refractivity contribution >= 4 is 64.6 Å². The summed E-state index contributed by atoms with van der Waals surface area (Å²) < 4.78 is 0. The highest BCUT2D eigenvalue weighted by Crippen LogP contribution is 2.15. The van der Waals surface area contributed by atoms with Crippen molar-refractivity contribution in [1.29, 1.82) is 0 Å². The van der Waals surface area contributed by atoms with Crippen molar-refractivity contribution in [3.05, 3.63) is 215 Å². The van der Waals surface area contributed by atoms with Gasteiger partial charge in [-0.1, -0.05) is 78.9 Å². The average molecular weight is 685 g/mol. The molecule has 0 N–H and O–H groups in total. The van der Waals surface area contributed by atoms with Crippen molar-refractivity contribution < 1.29 is 0 Å². The molecule has 12 bridgehead atoms. The van der Waals surface area contributed by atoms with E-state index in [1.165, 1.54) is 0 Å². The molecule has 0 heterocycles. The highest BCUT2D eigenvalue weighted by atomic mass is 14.0. The van der Waals surface area contributed by atoms with Crippen LogP contribution in [0.5, 0.6) is 0 Å². The van der Waals surface area contributed by atoms with Crippen LogP contribution >= 0.6 is 0 Å². The highest BCUT2D eigenvalue weighted by Gasteiger charge is 1.94. The van der Waals surface area contributed by atoms with Crippen LogP contribution in [-0.2, 0) is 0 Å². The second-order valence-electron chi connectivity index (χ2n) is 14.0. The predicted octanol–water partition coefficient (Wildman–Crippen LogP) is 13.1. The van der Waals surface area contributed by atoms with Gasteiger partial charge in [-0.05, 0) is 178 Å². The second kappa shape index (κ2) is 15.5. The largest absolute Gasteiger partial charge is 0.0616 e. The zero-order valence-electron chi connectivity index (χ0n) is 31.4. The molecule has 0 radical (unpaired) electrons. The molecule has 7 aromatic carbocycles. The number of aryl methyl sites for hydroxylation is 6. The van der Waals surface area contributed by atoms with Crippen molar-refractivity contribution in [2.24, 2.45) is 0 Å². The Labute approximate surface area is 320 Å². The van der Waals surface area contributed by atoms with Crippen molar-refractivity contribution in [1.82, 2.24) is 0 Å². The molecule has 0 amide bonds. The molecule has 0 aromatic heterocycles. The molecule has 0 aliphatic rings. The number of benzene rings is 6. The molecule has 7 aromatic rings. The molecule has 0 heteroatoms. The smallest absolute Gasteiger partial charge is 0.0290 e. The monoisotopic (exact) mass is 684 g/mol. The fourth-order valence-electron chi connectivity index (χ4n) is 6.33. The van der Waals surface area contributed by atoms with Gasteiger partial charge in [0.15, 0.2) is 0 Å². The Hall–Kier alpha value is -7.32. The van der Waals surface area contributed by atoms with Crippen LogP contribution in [-0.4, -0.2) is 0 Å². The zero-order valence-corrected chi connectivity index (χ0v) is 31.4. The Kier molecular flexibility index (Phi) is 10.1. The van der Waals surface area contributed by atoms with Gasteiger partial charge in [0, 0.05) is 64.6 Å². The van der Waals surface area contributed by atoms with Crippen molar-refractivity contribution in [2.45, 2.75) is 41.5 Å². The Morgan fingerprint density at radius 3 is 0.704 bits per heavy atom. The molecule has 0 aliphatic carbocycles. The van der Waals surface area contributed by atoms with Crippen LogP contribution < -0.4 is 0 Å². The second-order valence-corrected chi connectivity index (χ2v) is 14.0. The number of hydrogen-bond acceptors (Lipinski definition) is 0. The van der Waals surface area contributed by atoms with Gasteiger partial charge in [0.1, 0.15) is 0 Å². The van der Waals surface area contributed by atoms with Gasteiger partial charge in [0.2, 0.25) is 0 Å². The summed E-state index contributed by atoms with van der Waals surface area (Å²) in [5.74, 6) is 0. The van der Waals surface area contributed by atoms with E-state index in [-0.39, 0.29) is 0 Å². The van der Waals surface area contributed by atoms with E-state index in [1.54, 1.807) is 0 Å². The molecule has 252 valence electrons. The summed E-state index contributed by atoms with van der Waals surface area (Å²) in [5.41, 5.74) is 6.64. The van der Waals surface area contributed by atoms with E-state index < -0.39 is 0 Å². The lowest BCUT2D eigenvalue weighted by molar-refractivity contribution is 1.51. The first kappa shape index (κ1) is 35.1. The fourth-order valence-corrected chi connectivity index (χ4v) is 6.33. The van der Waals surface area contributed by atoms with Crippen LogP contribution in [0.4, 0.5) is 0 Å². The van der Waals surface area contributed by atoms with Gasteiger partial charge >= 0.3 is 0 Å². The third-order valence-electron chi connectivity index (χ3n) is 8.72. The van der Waals surface area contributed by atoms with Crippen LogP contribution in [0.3, 0.4) is 0 Å². The average Bonchev–Trinajstić information content (AvgIpc) is 3.12. The molecule has 0 fully saturated rings. The third kappa shape index (κ3) is 9.31. The maximum Gasteiger partial charge on any atom is 0.0290 e. The normalized spacial score (nSPS) is 9.89. The van der Waals surface area contributed by atoms with Crippen molar-refractivity contribution in [3.8, 4) is 0 Å². The standard InChI is InChI=1S/C54H36/c1-37-21-44-10-9-43-8-7-42(6)54(36-43)20-19-53-30-41(5)29-52(35-53)18-17-51-28-40(4)27-50(34-51)16-15-49-26-39(3)25-48(33-49)14-13-47-24-38(2)23-46(32-47)12-11-45(22-37)31-44/h7-8,21-36H,1-6H3. The molecule has 7 rings (SSSR count). The van der Waals surface area contributed by atoms with E-state index in [9.17, 15) is 0 Å². The van der Waals surface area contributed by atoms with E-state index in [1.807, 2.05) is 30.3 Å². The lowest BCUT2D eigenvalue weighted by Crippen LogP contribution is -1.73. The number of fused-ring (bicyclic) bond motifs is 12. The predicted molar refractivity (Wildman–Crippen MR) is 225 cm³/mol. The molecule has 0 spiro atoms. The summed E-state index contributed by atoms with van der Waals surface area (Å²) in [7, 11) is 0. The van der Waals surface area contributed by atoms with E-state index in [4.69, 9.17) is 0 Å². The SMILES string of the molecule is Cc1cc2c#cc3cc(C)cc(c#cc4cc(C)cc(c#cc5ccc(C)c(c#cc6cc(C)cc(c#cc7cc(C)cc(c#cc(c1)c2)c7)c6)c5)c4)c3. The summed E-state index contributed by atoms with van der Waals surface area (Å²) in [5, 5.41) is 11.0. The summed E-state index contributed by atoms with van der Waals surface area (Å²) in [4.78, 5) is 0. The molecular formula is C54H36. The Balaban J connectivity index is 1.47. The summed E-state index contributed by atoms with van der Waals surface area (Å²) in [6.45, 7) is 12.5. The number of hydrogen-bond donors (Lipinski definition) is 0. The first-order valence-electron chi connectivity index (χ1n) is 17.9. The zero-order chi connectivity index (χ0) is 37.6. The van der Waals surface area contributed by atoms with Gasteiger partial charge in [-0.2, -0.15) is 0 Å². The van der Waals surface area contributed by atoms with Crippen molar-refractivity contribution in [3.63, 3.8) is 0 Å². The molecule has 0 saturated carbocycles. The topological polar surface area (TPSA) is 0 Å². The minimum Gasteiger partial charge on any atom is -0.0616 e. The first-order chi connectivity index (χ1) is 26.1. The summed E-state index contributed by atoms with van der Waals surface area (Å²) >= 11 is 0. The van der Waals surface area contributed by atoms with Gasteiger partial charge in [0.25, 0.3) is 0 Å². The first-order valence-corrected chi connectivity index (χ1v) is 17.9. The van der Waals surface area contributed by atoms with Gasteiger partial charge in [-0.3, -0.25) is 0 Å². The lowest BCUT2D eigenvalue weighted by atomic mass is 10.1. The maximum atomic E-state index is 3.40. The molecule has 0 atom stereocenters. The molecular weight excluding hydrogens is 649 g/mol. The van der Waals surface area contributed by atoms with Crippen LogP contribution in [0.1, 0.15) is 33.4 Å². The molecule has 0 unspecified atom stereocenters. The van der Waals surface area contributed by atoms with Gasteiger partial charge in [-0.15, -0.1) is 0 Å². The van der Waals surface area contributed by atoms with E-state index in [0.29, 0.717) is 0 Å². The molecule has 0 aliphatic heterocycles. The fraction of sp³-hybridized carbons (Fsp3) is 0.111. The van der Waals surface area contributed by atoms with Gasteiger partial charge in [-0.25, -0.2) is 0 Å². The Bertz CT molecular complexity index is 2890. The van der Waals surface area contributed by atoms with Crippen LogP contribution in [0.2, 0.25) is 0 Å². The summed E-state index contributed by atoms with van der Waals surface area (Å²) in [6, 6.07) is 77.9. The third-order valence-corrected chi connectivity index (χ3v) is 8.72. The van der Waals surface area contributed by atoms with Crippen LogP contribution in [0, 0.1) is 114 Å². The van der Waals surface area contributed by atoms with E-state index >= 15 is 0 Å². The van der Waals surface area contributed by atoms with Crippen molar-refractivity contribution in [2.75, 3.05) is 0 Å². The Morgan fingerprint density at radius 2 is 0.444 bits per heavy atom. The van der Waals surface area contributed by atoms with Crippen LogP contribution in [0.15, 0.2) is 109 Å². The lowest BCUT2D eigenvalue weighted by Gasteiger charge is -1.93.